The summed E-state index contributed by atoms with van der Waals surface area (Å²) in [6, 6.07) is 10.3. The molecular weight excluding hydrogens is 448 g/mol. The maximum Gasteiger partial charge on any atom is 0.416 e. The highest BCUT2D eigenvalue weighted by Gasteiger charge is 2.30. The van der Waals surface area contributed by atoms with Crippen molar-refractivity contribution < 1.29 is 27.1 Å². The van der Waals surface area contributed by atoms with Gasteiger partial charge in [0.25, 0.3) is 0 Å². The van der Waals surface area contributed by atoms with Crippen LogP contribution in [0.4, 0.5) is 23.2 Å². The Morgan fingerprint density at radius 3 is 2.69 bits per heavy atom. The first kappa shape index (κ1) is 23.3. The second kappa shape index (κ2) is 10.3. The molecular formula is C21H18F4N4O2S. The van der Waals surface area contributed by atoms with Crippen LogP contribution in [-0.2, 0) is 24.1 Å². The predicted octanol–water partition coefficient (Wildman–Crippen LogP) is 4.93. The Hall–Kier alpha value is -3.34. The third-order valence-corrected chi connectivity index (χ3v) is 5.08. The maximum atomic E-state index is 13.7. The number of nitrogens with zero attached hydrogens (tertiary/aromatic N) is 3. The first-order chi connectivity index (χ1) is 15.3. The van der Waals surface area contributed by atoms with E-state index in [1.165, 1.54) is 30.3 Å². The molecule has 1 amide bonds. The fourth-order valence-corrected chi connectivity index (χ4v) is 3.40. The molecule has 32 heavy (non-hydrogen) atoms. The van der Waals surface area contributed by atoms with E-state index in [2.05, 4.69) is 22.1 Å². The summed E-state index contributed by atoms with van der Waals surface area (Å²) in [6.07, 6.45) is -2.89. The van der Waals surface area contributed by atoms with Gasteiger partial charge in [0, 0.05) is 6.54 Å². The number of benzene rings is 2. The second-order valence-electron chi connectivity index (χ2n) is 6.43. The molecule has 0 atom stereocenters. The number of halogens is 4. The first-order valence-corrected chi connectivity index (χ1v) is 10.3. The summed E-state index contributed by atoms with van der Waals surface area (Å²) < 4.78 is 59.3. The van der Waals surface area contributed by atoms with Gasteiger partial charge in [-0.25, -0.2) is 4.39 Å². The summed E-state index contributed by atoms with van der Waals surface area (Å²) in [5, 5.41) is 10.9. The largest absolute Gasteiger partial charge is 0.486 e. The third kappa shape index (κ3) is 6.10. The van der Waals surface area contributed by atoms with E-state index in [0.29, 0.717) is 17.5 Å². The van der Waals surface area contributed by atoms with E-state index >= 15 is 0 Å². The van der Waals surface area contributed by atoms with Gasteiger partial charge in [0.1, 0.15) is 18.2 Å². The number of para-hydroxylation sites is 1. The number of alkyl halides is 3. The van der Waals surface area contributed by atoms with E-state index < -0.39 is 23.5 Å². The van der Waals surface area contributed by atoms with Gasteiger partial charge in [-0.2, -0.15) is 13.2 Å². The lowest BCUT2D eigenvalue weighted by Gasteiger charge is -2.11. The molecule has 0 aliphatic heterocycles. The number of allylic oxidation sites excluding steroid dienone is 1. The van der Waals surface area contributed by atoms with E-state index in [4.69, 9.17) is 4.74 Å². The van der Waals surface area contributed by atoms with Crippen LogP contribution in [0.2, 0.25) is 0 Å². The van der Waals surface area contributed by atoms with E-state index in [0.717, 1.165) is 23.9 Å². The molecule has 1 N–H and O–H groups in total. The van der Waals surface area contributed by atoms with Crippen molar-refractivity contribution in [2.75, 3.05) is 11.1 Å². The lowest BCUT2D eigenvalue weighted by atomic mass is 10.2. The van der Waals surface area contributed by atoms with Crippen molar-refractivity contribution in [1.82, 2.24) is 14.8 Å². The molecule has 1 aromatic heterocycles. The monoisotopic (exact) mass is 466 g/mol. The molecule has 3 aromatic rings. The van der Waals surface area contributed by atoms with Crippen molar-refractivity contribution in [3.8, 4) is 5.75 Å². The Bertz CT molecular complexity index is 1100. The summed E-state index contributed by atoms with van der Waals surface area (Å²) in [7, 11) is 0. The summed E-state index contributed by atoms with van der Waals surface area (Å²) in [6.45, 7) is 3.83. The van der Waals surface area contributed by atoms with E-state index in [1.54, 1.807) is 16.7 Å². The minimum Gasteiger partial charge on any atom is -0.486 e. The minimum atomic E-state index is -4.48. The molecule has 168 valence electrons. The van der Waals surface area contributed by atoms with Gasteiger partial charge in [0.05, 0.1) is 17.0 Å². The van der Waals surface area contributed by atoms with Gasteiger partial charge in [0.2, 0.25) is 5.91 Å². The molecule has 0 bridgehead atoms. The molecule has 0 spiro atoms. The quantitative estimate of drug-likeness (QED) is 0.275. The average molecular weight is 466 g/mol. The molecule has 0 aliphatic carbocycles. The van der Waals surface area contributed by atoms with Crippen LogP contribution in [0.15, 0.2) is 66.3 Å². The number of hydrogen-bond acceptors (Lipinski definition) is 5. The lowest BCUT2D eigenvalue weighted by Crippen LogP contribution is -2.15. The summed E-state index contributed by atoms with van der Waals surface area (Å²) in [4.78, 5) is 12.1. The number of thioether (sulfide) groups is 1. The molecule has 2 aromatic carbocycles. The second-order valence-corrected chi connectivity index (χ2v) is 7.37. The van der Waals surface area contributed by atoms with Crippen molar-refractivity contribution in [3.05, 3.63) is 78.4 Å². The fraction of sp³-hybridized carbons (Fsp3) is 0.190. The minimum absolute atomic E-state index is 0.0337. The fourth-order valence-electron chi connectivity index (χ4n) is 2.63. The van der Waals surface area contributed by atoms with Crippen molar-refractivity contribution in [3.63, 3.8) is 0 Å². The smallest absolute Gasteiger partial charge is 0.416 e. The number of rotatable bonds is 9. The van der Waals surface area contributed by atoms with Gasteiger partial charge in [-0.15, -0.1) is 16.8 Å². The number of anilines is 1. The first-order valence-electron chi connectivity index (χ1n) is 9.28. The zero-order chi connectivity index (χ0) is 23.1. The average Bonchev–Trinajstić information content (AvgIpc) is 3.14. The van der Waals surface area contributed by atoms with Crippen molar-refractivity contribution in [2.45, 2.75) is 24.5 Å². The van der Waals surface area contributed by atoms with Crippen LogP contribution >= 0.6 is 11.8 Å². The van der Waals surface area contributed by atoms with Crippen molar-refractivity contribution in [1.29, 1.82) is 0 Å². The molecule has 0 aliphatic rings. The highest BCUT2D eigenvalue weighted by Crippen LogP contribution is 2.31. The van der Waals surface area contributed by atoms with Crippen molar-refractivity contribution >= 4 is 23.4 Å². The Balaban J connectivity index is 1.64. The van der Waals surface area contributed by atoms with E-state index in [-0.39, 0.29) is 23.8 Å². The molecule has 0 saturated heterocycles. The number of carbonyl (C=O) groups excluding carboxylic acids is 1. The summed E-state index contributed by atoms with van der Waals surface area (Å²) >= 11 is 1.07. The highest BCUT2D eigenvalue weighted by atomic mass is 32.2. The Labute approximate surface area is 185 Å². The number of hydrogen-bond donors (Lipinski definition) is 1. The molecule has 1 heterocycles. The molecule has 0 unspecified atom stereocenters. The molecule has 0 saturated carbocycles. The standard InChI is InChI=1S/C21H18F4N4O2S/c1-2-10-29-18(12-31-15-7-5-6-14(11-15)21(23,24)25)27-28-20(29)32-13-19(30)26-17-9-4-3-8-16(17)22/h2-9,11H,1,10,12-13H2,(H,26,30). The van der Waals surface area contributed by atoms with Gasteiger partial charge in [-0.3, -0.25) is 9.36 Å². The number of aromatic nitrogens is 3. The highest BCUT2D eigenvalue weighted by molar-refractivity contribution is 7.99. The topological polar surface area (TPSA) is 69.0 Å². The number of carbonyl (C=O) groups is 1. The van der Waals surface area contributed by atoms with Gasteiger partial charge in [0.15, 0.2) is 11.0 Å². The Morgan fingerprint density at radius 2 is 1.97 bits per heavy atom. The lowest BCUT2D eigenvalue weighted by molar-refractivity contribution is -0.137. The van der Waals surface area contributed by atoms with Gasteiger partial charge >= 0.3 is 6.18 Å². The Kier molecular flexibility index (Phi) is 7.52. The molecule has 0 radical (unpaired) electrons. The normalized spacial score (nSPS) is 11.2. The maximum absolute atomic E-state index is 13.7. The van der Waals surface area contributed by atoms with Crippen LogP contribution in [-0.4, -0.2) is 26.4 Å². The van der Waals surface area contributed by atoms with Gasteiger partial charge in [-0.1, -0.05) is 36.0 Å². The van der Waals surface area contributed by atoms with E-state index in [9.17, 15) is 22.4 Å². The van der Waals surface area contributed by atoms with Crippen LogP contribution < -0.4 is 10.1 Å². The van der Waals surface area contributed by atoms with Crippen LogP contribution in [0.25, 0.3) is 0 Å². The van der Waals surface area contributed by atoms with Crippen LogP contribution in [0.3, 0.4) is 0 Å². The molecule has 11 heteroatoms. The summed E-state index contributed by atoms with van der Waals surface area (Å²) in [5.41, 5.74) is -0.750. The number of nitrogens with one attached hydrogen (secondary N) is 1. The molecule has 0 fully saturated rings. The van der Waals surface area contributed by atoms with Gasteiger partial charge in [-0.05, 0) is 30.3 Å². The van der Waals surface area contributed by atoms with Crippen molar-refractivity contribution in [2.24, 2.45) is 0 Å². The molecule has 3 rings (SSSR count). The Morgan fingerprint density at radius 1 is 1.19 bits per heavy atom. The SMILES string of the molecule is C=CCn1c(COc2cccc(C(F)(F)F)c2)nnc1SCC(=O)Nc1ccccc1F. The zero-order valence-electron chi connectivity index (χ0n) is 16.6. The zero-order valence-corrected chi connectivity index (χ0v) is 17.4. The molecule has 6 nitrogen and oxygen atoms in total. The van der Waals surface area contributed by atoms with Crippen LogP contribution in [0, 0.1) is 5.82 Å². The van der Waals surface area contributed by atoms with E-state index in [1.807, 2.05) is 0 Å². The number of amides is 1. The predicted molar refractivity (Wildman–Crippen MR) is 112 cm³/mol. The third-order valence-electron chi connectivity index (χ3n) is 4.11. The van der Waals surface area contributed by atoms with Crippen LogP contribution in [0.5, 0.6) is 5.75 Å². The number of ether oxygens (including phenoxy) is 1. The summed E-state index contributed by atoms with van der Waals surface area (Å²) in [5.74, 6) is -0.659. The van der Waals surface area contributed by atoms with Gasteiger partial charge < -0.3 is 10.1 Å². The van der Waals surface area contributed by atoms with Crippen LogP contribution in [0.1, 0.15) is 11.4 Å².